The Balaban J connectivity index is 1.70. The Bertz CT molecular complexity index is 766. The molecule has 25 heavy (non-hydrogen) atoms. The van der Waals surface area contributed by atoms with E-state index >= 15 is 0 Å². The van der Waals surface area contributed by atoms with Crippen LogP contribution < -0.4 is 5.73 Å². The number of aromatic amines is 1. The van der Waals surface area contributed by atoms with Gasteiger partial charge in [0.2, 0.25) is 5.76 Å². The summed E-state index contributed by atoms with van der Waals surface area (Å²) in [4.78, 5) is 25.7. The number of piperidine rings is 1. The molecule has 3 N–H and O–H groups in total. The average Bonchev–Trinajstić information content (AvgIpc) is 3.30. The summed E-state index contributed by atoms with van der Waals surface area (Å²) in [5, 5.41) is 10.8. The predicted octanol–water partition coefficient (Wildman–Crippen LogP) is 2.03. The Morgan fingerprint density at radius 1 is 1.48 bits per heavy atom. The van der Waals surface area contributed by atoms with Gasteiger partial charge in [0.1, 0.15) is 5.69 Å². The molecule has 1 aliphatic rings. The maximum Gasteiger partial charge on any atom is 0.292 e. The van der Waals surface area contributed by atoms with Gasteiger partial charge in [-0.05, 0) is 25.3 Å². The van der Waals surface area contributed by atoms with E-state index in [4.69, 9.17) is 10.3 Å². The van der Waals surface area contributed by atoms with Crippen molar-refractivity contribution < 1.29 is 14.1 Å². The normalized spacial score (nSPS) is 19.0. The number of carbonyl (C=O) groups is 2. The van der Waals surface area contributed by atoms with E-state index in [1.165, 1.54) is 0 Å². The average molecular weight is 345 g/mol. The number of H-pyrrole nitrogens is 1. The van der Waals surface area contributed by atoms with E-state index in [0.717, 1.165) is 30.7 Å². The fourth-order valence-corrected chi connectivity index (χ4v) is 3.07. The molecule has 1 aliphatic heterocycles. The lowest BCUT2D eigenvalue weighted by Crippen LogP contribution is -2.39. The van der Waals surface area contributed by atoms with E-state index in [1.807, 2.05) is 0 Å². The van der Waals surface area contributed by atoms with Crippen molar-refractivity contribution >= 4 is 11.8 Å². The molecule has 0 spiro atoms. The Kier molecular flexibility index (Phi) is 4.87. The molecule has 1 fully saturated rings. The summed E-state index contributed by atoms with van der Waals surface area (Å²) in [6, 6.07) is 3.40. The van der Waals surface area contributed by atoms with E-state index in [0.29, 0.717) is 13.1 Å². The molecule has 0 radical (unpaired) electrons. The van der Waals surface area contributed by atoms with E-state index in [9.17, 15) is 9.59 Å². The van der Waals surface area contributed by atoms with Crippen LogP contribution in [0.25, 0.3) is 0 Å². The first-order valence-corrected chi connectivity index (χ1v) is 8.60. The smallest absolute Gasteiger partial charge is 0.292 e. The maximum atomic E-state index is 12.7. The molecule has 0 aliphatic carbocycles. The molecule has 2 aromatic rings. The minimum atomic E-state index is -0.564. The second-order valence-electron chi connectivity index (χ2n) is 6.59. The molecule has 3 rings (SSSR count). The van der Waals surface area contributed by atoms with Gasteiger partial charge in [-0.15, -0.1) is 0 Å². The molecule has 2 aromatic heterocycles. The minimum absolute atomic E-state index is 0.0928. The highest BCUT2D eigenvalue weighted by Gasteiger charge is 2.29. The number of amides is 2. The van der Waals surface area contributed by atoms with Crippen LogP contribution >= 0.6 is 0 Å². The fraction of sp³-hybridized carbons (Fsp3) is 0.529. The quantitative estimate of drug-likeness (QED) is 0.859. The summed E-state index contributed by atoms with van der Waals surface area (Å²) in [6.45, 7) is 5.34. The number of hydrogen-bond acceptors (Lipinski definition) is 5. The van der Waals surface area contributed by atoms with Crippen molar-refractivity contribution in [3.05, 3.63) is 35.0 Å². The number of primary amides is 1. The van der Waals surface area contributed by atoms with E-state index in [2.05, 4.69) is 29.2 Å². The van der Waals surface area contributed by atoms with Crippen LogP contribution in [0.2, 0.25) is 0 Å². The van der Waals surface area contributed by atoms with Crippen molar-refractivity contribution in [2.75, 3.05) is 13.1 Å². The van der Waals surface area contributed by atoms with Gasteiger partial charge in [0.25, 0.3) is 11.8 Å². The first-order chi connectivity index (χ1) is 12.0. The highest BCUT2D eigenvalue weighted by Crippen LogP contribution is 2.27. The second-order valence-corrected chi connectivity index (χ2v) is 6.59. The summed E-state index contributed by atoms with van der Waals surface area (Å²) in [6.07, 6.45) is 2.72. The first-order valence-electron chi connectivity index (χ1n) is 8.60. The molecule has 2 amide bonds. The van der Waals surface area contributed by atoms with Gasteiger partial charge in [-0.3, -0.25) is 14.7 Å². The minimum Gasteiger partial charge on any atom is -0.364 e. The Hall–Kier alpha value is -2.64. The molecule has 0 aromatic carbocycles. The SMILES string of the molecule is CC[C@@H](C)c1cc(C(=O)N2CCC[C@H](c3cc(C(N)=O)n[nH]3)C2)on1. The van der Waals surface area contributed by atoms with Crippen LogP contribution in [-0.2, 0) is 0 Å². The van der Waals surface area contributed by atoms with Crippen molar-refractivity contribution in [1.29, 1.82) is 0 Å². The summed E-state index contributed by atoms with van der Waals surface area (Å²) >= 11 is 0. The Morgan fingerprint density at radius 3 is 2.96 bits per heavy atom. The number of likely N-dealkylation sites (tertiary alicyclic amines) is 1. The van der Waals surface area contributed by atoms with Crippen LogP contribution in [0.4, 0.5) is 0 Å². The lowest BCUT2D eigenvalue weighted by Gasteiger charge is -2.31. The topological polar surface area (TPSA) is 118 Å². The third-order valence-corrected chi connectivity index (χ3v) is 4.85. The molecule has 3 heterocycles. The summed E-state index contributed by atoms with van der Waals surface area (Å²) in [5.41, 5.74) is 7.08. The van der Waals surface area contributed by atoms with Gasteiger partial charge in [-0.2, -0.15) is 5.10 Å². The summed E-state index contributed by atoms with van der Waals surface area (Å²) < 4.78 is 5.26. The maximum absolute atomic E-state index is 12.7. The van der Waals surface area contributed by atoms with Crippen molar-refractivity contribution in [3.8, 4) is 0 Å². The van der Waals surface area contributed by atoms with Gasteiger partial charge < -0.3 is 15.2 Å². The van der Waals surface area contributed by atoms with E-state index in [-0.39, 0.29) is 29.2 Å². The monoisotopic (exact) mass is 345 g/mol. The molecular formula is C17H23N5O3. The number of hydrogen-bond donors (Lipinski definition) is 2. The van der Waals surface area contributed by atoms with Crippen molar-refractivity contribution in [1.82, 2.24) is 20.3 Å². The van der Waals surface area contributed by atoms with Crippen molar-refractivity contribution in [2.24, 2.45) is 5.73 Å². The van der Waals surface area contributed by atoms with Gasteiger partial charge >= 0.3 is 0 Å². The lowest BCUT2D eigenvalue weighted by molar-refractivity contribution is 0.0663. The zero-order valence-electron chi connectivity index (χ0n) is 14.5. The highest BCUT2D eigenvalue weighted by molar-refractivity contribution is 5.92. The third-order valence-electron chi connectivity index (χ3n) is 4.85. The van der Waals surface area contributed by atoms with Gasteiger partial charge in [0.15, 0.2) is 0 Å². The van der Waals surface area contributed by atoms with E-state index < -0.39 is 5.91 Å². The number of nitrogens with two attached hydrogens (primary N) is 1. The molecular weight excluding hydrogens is 322 g/mol. The number of nitrogens with one attached hydrogen (secondary N) is 1. The third kappa shape index (κ3) is 3.57. The number of rotatable bonds is 5. The van der Waals surface area contributed by atoms with Gasteiger partial charge in [0, 0.05) is 36.7 Å². The summed E-state index contributed by atoms with van der Waals surface area (Å²) in [5.74, 6) is -0.0860. The molecule has 0 saturated carbocycles. The van der Waals surface area contributed by atoms with E-state index in [1.54, 1.807) is 17.0 Å². The molecule has 8 heteroatoms. The fourth-order valence-electron chi connectivity index (χ4n) is 3.07. The van der Waals surface area contributed by atoms with Gasteiger partial charge in [0.05, 0.1) is 5.69 Å². The molecule has 8 nitrogen and oxygen atoms in total. The van der Waals surface area contributed by atoms with Crippen molar-refractivity contribution in [3.63, 3.8) is 0 Å². The van der Waals surface area contributed by atoms with Crippen LogP contribution in [0.3, 0.4) is 0 Å². The first kappa shape index (κ1) is 17.2. The van der Waals surface area contributed by atoms with Crippen molar-refractivity contribution in [2.45, 2.75) is 44.9 Å². The van der Waals surface area contributed by atoms with Gasteiger partial charge in [-0.25, -0.2) is 0 Å². The molecule has 1 saturated heterocycles. The van der Waals surface area contributed by atoms with Crippen LogP contribution in [0, 0.1) is 0 Å². The van der Waals surface area contributed by atoms with Crippen LogP contribution in [-0.4, -0.2) is 45.2 Å². The number of aromatic nitrogens is 3. The van der Waals surface area contributed by atoms with Crippen LogP contribution in [0.15, 0.2) is 16.7 Å². The number of carbonyl (C=O) groups excluding carboxylic acids is 2. The standard InChI is InChI=1S/C17H23N5O3/c1-3-10(2)12-8-15(25-21-12)17(24)22-6-4-5-11(9-22)13-7-14(16(18)23)20-19-13/h7-8,10-11H,3-6,9H2,1-2H3,(H2,18,23)(H,19,20)/t10-,11+/m1/s1. The molecule has 0 unspecified atom stereocenters. The molecule has 0 bridgehead atoms. The van der Waals surface area contributed by atoms with Crippen LogP contribution in [0.1, 0.15) is 77.4 Å². The van der Waals surface area contributed by atoms with Gasteiger partial charge in [-0.1, -0.05) is 19.0 Å². The Labute approximate surface area is 145 Å². The van der Waals surface area contributed by atoms with Crippen LogP contribution in [0.5, 0.6) is 0 Å². The predicted molar refractivity (Wildman–Crippen MR) is 90.2 cm³/mol. The highest BCUT2D eigenvalue weighted by atomic mass is 16.5. The molecule has 2 atom stereocenters. The zero-order valence-corrected chi connectivity index (χ0v) is 14.5. The zero-order chi connectivity index (χ0) is 18.0. The Morgan fingerprint density at radius 2 is 2.28 bits per heavy atom. The molecule has 134 valence electrons. The number of nitrogens with zero attached hydrogens (tertiary/aromatic N) is 3. The summed E-state index contributed by atoms with van der Waals surface area (Å²) in [7, 11) is 0. The second kappa shape index (κ2) is 7.08. The largest absolute Gasteiger partial charge is 0.364 e. The lowest BCUT2D eigenvalue weighted by atomic mass is 9.94.